The summed E-state index contributed by atoms with van der Waals surface area (Å²) >= 11 is 12.1. The molecule has 0 spiro atoms. The highest BCUT2D eigenvalue weighted by molar-refractivity contribution is 6.36. The van der Waals surface area contributed by atoms with E-state index >= 15 is 0 Å². The lowest BCUT2D eigenvalue weighted by atomic mass is 10.1. The normalized spacial score (nSPS) is 10.9. The number of nitrogens with zero attached hydrogens (tertiary/aromatic N) is 4. The SMILES string of the molecule is Nc1ncc(-c2cnn(-c3ccncc3)c2)cc1OCCc1c(Cl)ccc(F)c1Cl. The molecule has 4 aromatic rings. The largest absolute Gasteiger partial charge is 0.489 e. The van der Waals surface area contributed by atoms with Gasteiger partial charge in [-0.15, -0.1) is 0 Å². The molecule has 6 nitrogen and oxygen atoms in total. The zero-order valence-corrected chi connectivity index (χ0v) is 17.1. The molecule has 0 amide bonds. The maximum Gasteiger partial charge on any atom is 0.166 e. The Bertz CT molecular complexity index is 1180. The van der Waals surface area contributed by atoms with E-state index in [-0.39, 0.29) is 17.4 Å². The predicted octanol–water partition coefficient (Wildman–Crippen LogP) is 4.98. The first-order chi connectivity index (χ1) is 14.5. The van der Waals surface area contributed by atoms with Crippen LogP contribution in [0.2, 0.25) is 10.0 Å². The molecule has 0 bridgehead atoms. The van der Waals surface area contributed by atoms with E-state index in [0.717, 1.165) is 16.8 Å². The van der Waals surface area contributed by atoms with Crippen molar-refractivity contribution in [2.75, 3.05) is 12.3 Å². The number of aromatic nitrogens is 4. The van der Waals surface area contributed by atoms with Gasteiger partial charge in [0.05, 0.1) is 23.5 Å². The van der Waals surface area contributed by atoms with Gasteiger partial charge in [-0.05, 0) is 35.9 Å². The third kappa shape index (κ3) is 4.22. The fourth-order valence-electron chi connectivity index (χ4n) is 2.90. The van der Waals surface area contributed by atoms with E-state index in [4.69, 9.17) is 33.7 Å². The highest BCUT2D eigenvalue weighted by Gasteiger charge is 2.12. The van der Waals surface area contributed by atoms with Crippen LogP contribution in [0, 0.1) is 5.82 Å². The zero-order chi connectivity index (χ0) is 21.1. The number of ether oxygens (including phenoxy) is 1. The molecule has 1 aromatic carbocycles. The predicted molar refractivity (Wildman–Crippen MR) is 115 cm³/mol. The Balaban J connectivity index is 1.51. The van der Waals surface area contributed by atoms with E-state index < -0.39 is 5.82 Å². The Kier molecular flexibility index (Phi) is 5.83. The van der Waals surface area contributed by atoms with Crippen LogP contribution in [0.1, 0.15) is 5.56 Å². The summed E-state index contributed by atoms with van der Waals surface area (Å²) in [5.74, 6) is 0.134. The monoisotopic (exact) mass is 443 g/mol. The van der Waals surface area contributed by atoms with E-state index in [1.165, 1.54) is 12.1 Å². The van der Waals surface area contributed by atoms with E-state index in [1.54, 1.807) is 35.5 Å². The van der Waals surface area contributed by atoms with Crippen molar-refractivity contribution in [1.82, 2.24) is 19.7 Å². The number of rotatable bonds is 6. The summed E-state index contributed by atoms with van der Waals surface area (Å²) in [6.07, 6.45) is 8.97. The van der Waals surface area contributed by atoms with Crippen LogP contribution in [0.15, 0.2) is 61.3 Å². The first-order valence-electron chi connectivity index (χ1n) is 8.99. The van der Waals surface area contributed by atoms with Crippen LogP contribution < -0.4 is 10.5 Å². The minimum Gasteiger partial charge on any atom is -0.489 e. The zero-order valence-electron chi connectivity index (χ0n) is 15.6. The Labute approximate surface area is 182 Å². The first-order valence-corrected chi connectivity index (χ1v) is 9.74. The number of hydrogen-bond donors (Lipinski definition) is 1. The standard InChI is InChI=1S/C21H16Cl2FN5O/c22-17-1-2-18(24)20(23)16(17)5-8-30-19-9-13(10-27-21(19)25)14-11-28-29(12-14)15-3-6-26-7-4-15/h1-4,6-7,9-12H,5,8H2,(H2,25,27). The number of nitrogen functional groups attached to an aromatic ring is 1. The number of nitrogens with two attached hydrogens (primary N) is 1. The number of hydrogen-bond acceptors (Lipinski definition) is 5. The molecule has 9 heteroatoms. The van der Waals surface area contributed by atoms with Gasteiger partial charge in [0.2, 0.25) is 0 Å². The van der Waals surface area contributed by atoms with Gasteiger partial charge >= 0.3 is 0 Å². The second-order valence-electron chi connectivity index (χ2n) is 6.41. The van der Waals surface area contributed by atoms with E-state index in [0.29, 0.717) is 22.8 Å². The van der Waals surface area contributed by atoms with Crippen LogP contribution in [0.4, 0.5) is 10.2 Å². The molecular weight excluding hydrogens is 428 g/mol. The molecule has 0 atom stereocenters. The average Bonchev–Trinajstić information content (AvgIpc) is 3.25. The average molecular weight is 444 g/mol. The van der Waals surface area contributed by atoms with Gasteiger partial charge in [0.1, 0.15) is 5.82 Å². The first kappa shape index (κ1) is 20.1. The lowest BCUT2D eigenvalue weighted by Crippen LogP contribution is -2.06. The fraction of sp³-hybridized carbons (Fsp3) is 0.0952. The third-order valence-electron chi connectivity index (χ3n) is 4.47. The smallest absolute Gasteiger partial charge is 0.166 e. The highest BCUT2D eigenvalue weighted by atomic mass is 35.5. The molecule has 2 N–H and O–H groups in total. The van der Waals surface area contributed by atoms with Crippen molar-refractivity contribution in [2.45, 2.75) is 6.42 Å². The van der Waals surface area contributed by atoms with Gasteiger partial charge in [-0.25, -0.2) is 14.1 Å². The summed E-state index contributed by atoms with van der Waals surface area (Å²) in [7, 11) is 0. The van der Waals surface area contributed by atoms with Gasteiger partial charge in [0, 0.05) is 47.4 Å². The van der Waals surface area contributed by atoms with Crippen molar-refractivity contribution in [3.05, 3.63) is 82.7 Å². The van der Waals surface area contributed by atoms with Crippen LogP contribution in [0.25, 0.3) is 16.8 Å². The maximum atomic E-state index is 13.7. The Hall–Kier alpha value is -3.16. The topological polar surface area (TPSA) is 78.9 Å². The Morgan fingerprint density at radius 3 is 2.67 bits per heavy atom. The Morgan fingerprint density at radius 2 is 1.87 bits per heavy atom. The second-order valence-corrected chi connectivity index (χ2v) is 7.19. The van der Waals surface area contributed by atoms with Gasteiger partial charge in [-0.3, -0.25) is 4.98 Å². The summed E-state index contributed by atoms with van der Waals surface area (Å²) in [6.45, 7) is 0.203. The third-order valence-corrected chi connectivity index (χ3v) is 5.24. The molecule has 0 fully saturated rings. The van der Waals surface area contributed by atoms with Crippen molar-refractivity contribution in [3.63, 3.8) is 0 Å². The molecule has 0 aliphatic carbocycles. The minimum atomic E-state index is -0.523. The molecule has 30 heavy (non-hydrogen) atoms. The Morgan fingerprint density at radius 1 is 1.07 bits per heavy atom. The van der Waals surface area contributed by atoms with Crippen LogP contribution in [0.3, 0.4) is 0 Å². The molecule has 4 rings (SSSR count). The summed E-state index contributed by atoms with van der Waals surface area (Å²) < 4.78 is 21.2. The number of pyridine rings is 2. The second kappa shape index (κ2) is 8.69. The van der Waals surface area contributed by atoms with Crippen LogP contribution in [-0.2, 0) is 6.42 Å². The summed E-state index contributed by atoms with van der Waals surface area (Å²) in [4.78, 5) is 8.21. The van der Waals surface area contributed by atoms with Gasteiger partial charge in [-0.1, -0.05) is 23.2 Å². The van der Waals surface area contributed by atoms with Crippen molar-refractivity contribution >= 4 is 29.0 Å². The lowest BCUT2D eigenvalue weighted by molar-refractivity contribution is 0.322. The van der Waals surface area contributed by atoms with Crippen molar-refractivity contribution in [1.29, 1.82) is 0 Å². The van der Waals surface area contributed by atoms with Crippen LogP contribution >= 0.6 is 23.2 Å². The molecule has 3 heterocycles. The van der Waals surface area contributed by atoms with Crippen LogP contribution in [0.5, 0.6) is 5.75 Å². The summed E-state index contributed by atoms with van der Waals surface area (Å²) in [5, 5.41) is 4.75. The van der Waals surface area contributed by atoms with E-state index in [1.807, 2.05) is 18.3 Å². The molecular formula is C21H16Cl2FN5O. The highest BCUT2D eigenvalue weighted by Crippen LogP contribution is 2.30. The maximum absolute atomic E-state index is 13.7. The lowest BCUT2D eigenvalue weighted by Gasteiger charge is -2.11. The van der Waals surface area contributed by atoms with Gasteiger partial charge in [-0.2, -0.15) is 5.10 Å². The molecule has 0 saturated heterocycles. The van der Waals surface area contributed by atoms with Crippen molar-refractivity contribution < 1.29 is 9.13 Å². The number of anilines is 1. The molecule has 0 saturated carbocycles. The van der Waals surface area contributed by atoms with E-state index in [2.05, 4.69) is 15.1 Å². The van der Waals surface area contributed by atoms with Crippen molar-refractivity contribution in [3.8, 4) is 22.6 Å². The van der Waals surface area contributed by atoms with Crippen molar-refractivity contribution in [2.24, 2.45) is 0 Å². The van der Waals surface area contributed by atoms with Crippen LogP contribution in [-0.4, -0.2) is 26.4 Å². The summed E-state index contributed by atoms with van der Waals surface area (Å²) in [6, 6.07) is 8.19. The fourth-order valence-corrected chi connectivity index (χ4v) is 3.46. The molecule has 0 unspecified atom stereocenters. The molecule has 0 aliphatic heterocycles. The number of halogens is 3. The minimum absolute atomic E-state index is 0.00512. The quantitative estimate of drug-likeness (QED) is 0.425. The molecule has 3 aromatic heterocycles. The van der Waals surface area contributed by atoms with Gasteiger partial charge < -0.3 is 10.5 Å². The van der Waals surface area contributed by atoms with Gasteiger partial charge in [0.15, 0.2) is 11.6 Å². The van der Waals surface area contributed by atoms with E-state index in [9.17, 15) is 4.39 Å². The molecule has 0 radical (unpaired) electrons. The number of benzene rings is 1. The summed E-state index contributed by atoms with van der Waals surface area (Å²) in [5.41, 5.74) is 8.97. The molecule has 0 aliphatic rings. The molecule has 152 valence electrons. The van der Waals surface area contributed by atoms with Gasteiger partial charge in [0.25, 0.3) is 0 Å².